The minimum absolute atomic E-state index is 0.150. The third kappa shape index (κ3) is 2.24. The van der Waals surface area contributed by atoms with E-state index in [2.05, 4.69) is 15.9 Å². The van der Waals surface area contributed by atoms with E-state index in [4.69, 9.17) is 14.9 Å². The molecular formula is C12H10BrNO4. The van der Waals surface area contributed by atoms with Crippen LogP contribution in [0.2, 0.25) is 0 Å². The molecule has 0 atom stereocenters. The molecule has 0 fully saturated rings. The highest BCUT2D eigenvalue weighted by Gasteiger charge is 2.15. The summed E-state index contributed by atoms with van der Waals surface area (Å²) in [5, 5.41) is 0.315. The summed E-state index contributed by atoms with van der Waals surface area (Å²) in [6, 6.07) is 4.29. The molecule has 0 amide bonds. The average Bonchev–Trinajstić information content (AvgIpc) is 2.30. The van der Waals surface area contributed by atoms with E-state index >= 15 is 0 Å². The predicted molar refractivity (Wildman–Crippen MR) is 70.6 cm³/mol. The molecule has 94 valence electrons. The number of fused-ring (bicyclic) bond motifs is 1. The number of carbonyl (C=O) groups is 1. The van der Waals surface area contributed by atoms with E-state index in [1.165, 1.54) is 0 Å². The molecule has 18 heavy (non-hydrogen) atoms. The van der Waals surface area contributed by atoms with Crippen LogP contribution in [0.25, 0.3) is 11.0 Å². The molecule has 0 radical (unpaired) electrons. The molecule has 0 aliphatic heterocycles. The lowest BCUT2D eigenvalue weighted by Crippen LogP contribution is -2.10. The predicted octanol–water partition coefficient (Wildman–Crippen LogP) is 2.31. The van der Waals surface area contributed by atoms with Gasteiger partial charge in [0.15, 0.2) is 11.0 Å². The summed E-state index contributed by atoms with van der Waals surface area (Å²) >= 11 is 3.24. The molecule has 6 heteroatoms. The highest BCUT2D eigenvalue weighted by atomic mass is 79.9. The molecule has 2 aromatic rings. The van der Waals surface area contributed by atoms with Gasteiger partial charge in [0, 0.05) is 10.5 Å². The highest BCUT2D eigenvalue weighted by molar-refractivity contribution is 9.10. The molecule has 1 aromatic carbocycles. The van der Waals surface area contributed by atoms with Gasteiger partial charge in [-0.1, -0.05) is 15.9 Å². The second-order valence-corrected chi connectivity index (χ2v) is 4.48. The van der Waals surface area contributed by atoms with Crippen molar-refractivity contribution in [3.63, 3.8) is 0 Å². The number of nitrogens with two attached hydrogens (primary N) is 1. The van der Waals surface area contributed by atoms with Gasteiger partial charge in [-0.3, -0.25) is 4.79 Å². The summed E-state index contributed by atoms with van der Waals surface area (Å²) in [4.78, 5) is 23.4. The number of anilines is 1. The minimum atomic E-state index is -0.682. The first-order valence-electron chi connectivity index (χ1n) is 5.23. The molecule has 0 aliphatic rings. The molecule has 0 bridgehead atoms. The van der Waals surface area contributed by atoms with Crippen molar-refractivity contribution in [2.75, 3.05) is 12.3 Å². The van der Waals surface area contributed by atoms with Crippen LogP contribution in [0, 0.1) is 0 Å². The third-order valence-electron chi connectivity index (χ3n) is 2.30. The summed E-state index contributed by atoms with van der Waals surface area (Å²) < 4.78 is 10.8. The lowest BCUT2D eigenvalue weighted by molar-refractivity contribution is 0.0491. The Hall–Kier alpha value is -1.82. The maximum absolute atomic E-state index is 11.9. The number of esters is 1. The number of hydrogen-bond donors (Lipinski definition) is 1. The van der Waals surface area contributed by atoms with Crippen LogP contribution < -0.4 is 11.2 Å². The molecular weight excluding hydrogens is 302 g/mol. The van der Waals surface area contributed by atoms with E-state index in [1.807, 2.05) is 0 Å². The number of halogens is 1. The van der Waals surface area contributed by atoms with E-state index < -0.39 is 5.97 Å². The van der Waals surface area contributed by atoms with Crippen molar-refractivity contribution < 1.29 is 13.9 Å². The fourth-order valence-electron chi connectivity index (χ4n) is 1.55. The van der Waals surface area contributed by atoms with Gasteiger partial charge in [-0.25, -0.2) is 4.79 Å². The van der Waals surface area contributed by atoms with Crippen LogP contribution in [0.3, 0.4) is 0 Å². The number of hydrogen-bond acceptors (Lipinski definition) is 5. The first-order chi connectivity index (χ1) is 8.52. The first-order valence-corrected chi connectivity index (χ1v) is 6.02. The maximum Gasteiger partial charge on any atom is 0.374 e. The van der Waals surface area contributed by atoms with Crippen LogP contribution in [0.1, 0.15) is 17.5 Å². The van der Waals surface area contributed by atoms with Gasteiger partial charge < -0.3 is 14.9 Å². The molecule has 5 nitrogen and oxygen atoms in total. The SMILES string of the molecule is CCOC(=O)c1cc(=O)c2cc(Br)cc(N)c2o1. The Morgan fingerprint density at radius 3 is 2.83 bits per heavy atom. The van der Waals surface area contributed by atoms with Crippen LogP contribution in [0.5, 0.6) is 0 Å². The van der Waals surface area contributed by atoms with Gasteiger partial charge in [0.25, 0.3) is 0 Å². The van der Waals surface area contributed by atoms with Gasteiger partial charge in [-0.05, 0) is 19.1 Å². The second kappa shape index (κ2) is 4.81. The Labute approximate surface area is 111 Å². The zero-order chi connectivity index (χ0) is 13.3. The molecule has 0 saturated heterocycles. The lowest BCUT2D eigenvalue weighted by atomic mass is 10.2. The zero-order valence-corrected chi connectivity index (χ0v) is 11.1. The van der Waals surface area contributed by atoms with Crippen molar-refractivity contribution in [3.05, 3.63) is 38.7 Å². The molecule has 0 unspecified atom stereocenters. The van der Waals surface area contributed by atoms with E-state index in [1.54, 1.807) is 19.1 Å². The van der Waals surface area contributed by atoms with Crippen molar-refractivity contribution in [3.8, 4) is 0 Å². The summed E-state index contributed by atoms with van der Waals surface area (Å²) in [7, 11) is 0. The van der Waals surface area contributed by atoms with E-state index in [0.29, 0.717) is 9.86 Å². The molecule has 2 N–H and O–H groups in total. The fourth-order valence-corrected chi connectivity index (χ4v) is 2.03. The number of ether oxygens (including phenoxy) is 1. The Morgan fingerprint density at radius 2 is 2.17 bits per heavy atom. The highest BCUT2D eigenvalue weighted by Crippen LogP contribution is 2.25. The molecule has 1 aromatic heterocycles. The Balaban J connectivity index is 2.69. The Bertz CT molecular complexity index is 678. The molecule has 0 spiro atoms. The summed E-state index contributed by atoms with van der Waals surface area (Å²) in [5.74, 6) is -0.831. The van der Waals surface area contributed by atoms with Gasteiger partial charge in [0.2, 0.25) is 5.76 Å². The van der Waals surface area contributed by atoms with Crippen molar-refractivity contribution >= 4 is 38.6 Å². The van der Waals surface area contributed by atoms with Crippen molar-refractivity contribution in [1.82, 2.24) is 0 Å². The van der Waals surface area contributed by atoms with Gasteiger partial charge in [-0.2, -0.15) is 0 Å². The van der Waals surface area contributed by atoms with Crippen LogP contribution in [0.4, 0.5) is 5.69 Å². The van der Waals surface area contributed by atoms with E-state index in [0.717, 1.165) is 6.07 Å². The second-order valence-electron chi connectivity index (χ2n) is 3.57. The largest absolute Gasteiger partial charge is 0.460 e. The quantitative estimate of drug-likeness (QED) is 0.679. The number of benzene rings is 1. The molecule has 1 heterocycles. The summed E-state index contributed by atoms with van der Waals surface area (Å²) in [5.41, 5.74) is 5.88. The van der Waals surface area contributed by atoms with Crippen molar-refractivity contribution in [1.29, 1.82) is 0 Å². The maximum atomic E-state index is 11.9. The van der Waals surface area contributed by atoms with Crippen molar-refractivity contribution in [2.45, 2.75) is 6.92 Å². The molecule has 0 aliphatic carbocycles. The Morgan fingerprint density at radius 1 is 1.44 bits per heavy atom. The third-order valence-corrected chi connectivity index (χ3v) is 2.76. The smallest absolute Gasteiger partial charge is 0.374 e. The zero-order valence-electron chi connectivity index (χ0n) is 9.53. The molecule has 2 rings (SSSR count). The topological polar surface area (TPSA) is 82.5 Å². The summed E-state index contributed by atoms with van der Waals surface area (Å²) in [6.07, 6.45) is 0. The van der Waals surface area contributed by atoms with Crippen LogP contribution in [-0.4, -0.2) is 12.6 Å². The van der Waals surface area contributed by atoms with Gasteiger partial charge in [-0.15, -0.1) is 0 Å². The number of carbonyl (C=O) groups excluding carboxylic acids is 1. The van der Waals surface area contributed by atoms with Crippen LogP contribution >= 0.6 is 15.9 Å². The average molecular weight is 312 g/mol. The van der Waals surface area contributed by atoms with Crippen LogP contribution in [-0.2, 0) is 4.74 Å². The van der Waals surface area contributed by atoms with Gasteiger partial charge in [0.1, 0.15) is 0 Å². The lowest BCUT2D eigenvalue weighted by Gasteiger charge is -2.05. The van der Waals surface area contributed by atoms with Gasteiger partial charge in [0.05, 0.1) is 17.7 Å². The van der Waals surface area contributed by atoms with E-state index in [9.17, 15) is 9.59 Å². The summed E-state index contributed by atoms with van der Waals surface area (Å²) in [6.45, 7) is 1.87. The first kappa shape index (κ1) is 12.6. The number of nitrogen functional groups attached to an aromatic ring is 1. The van der Waals surface area contributed by atoms with Gasteiger partial charge >= 0.3 is 5.97 Å². The monoisotopic (exact) mass is 311 g/mol. The standard InChI is InChI=1S/C12H10BrNO4/c1-2-17-12(16)10-5-9(15)7-3-6(13)4-8(14)11(7)18-10/h3-5H,2,14H2,1H3. The van der Waals surface area contributed by atoms with E-state index in [-0.39, 0.29) is 29.1 Å². The normalized spacial score (nSPS) is 10.6. The molecule has 0 saturated carbocycles. The Kier molecular flexibility index (Phi) is 3.38. The van der Waals surface area contributed by atoms with Crippen LogP contribution in [0.15, 0.2) is 31.9 Å². The number of rotatable bonds is 2. The fraction of sp³-hybridized carbons (Fsp3) is 0.167. The van der Waals surface area contributed by atoms with Crippen molar-refractivity contribution in [2.24, 2.45) is 0 Å². The minimum Gasteiger partial charge on any atom is -0.460 e.